The van der Waals surface area contributed by atoms with Crippen molar-refractivity contribution in [3.05, 3.63) is 71.8 Å². The summed E-state index contributed by atoms with van der Waals surface area (Å²) in [7, 11) is 0. The Morgan fingerprint density at radius 1 is 1.08 bits per heavy atom. The van der Waals surface area contributed by atoms with Gasteiger partial charge in [0.05, 0.1) is 31.3 Å². The highest BCUT2D eigenvalue weighted by Gasteiger charge is 2.42. The SMILES string of the molecule is C[C@@H](O)[C@@H]1[C@@H](OCc2ccccc2)CC(=O)N1Cc1ccccc1. The number of aliphatic hydroxyl groups excluding tert-OH is 1. The molecule has 1 fully saturated rings. The smallest absolute Gasteiger partial charge is 0.226 e. The van der Waals surface area contributed by atoms with Crippen molar-refractivity contribution in [2.45, 2.75) is 44.7 Å². The monoisotopic (exact) mass is 325 g/mol. The molecule has 0 aliphatic carbocycles. The Kier molecular flexibility index (Phi) is 5.28. The molecule has 0 unspecified atom stereocenters. The Balaban J connectivity index is 1.70. The average Bonchev–Trinajstić information content (AvgIpc) is 2.91. The lowest BCUT2D eigenvalue weighted by atomic mass is 10.1. The predicted molar refractivity (Wildman–Crippen MR) is 92.1 cm³/mol. The largest absolute Gasteiger partial charge is 0.391 e. The second kappa shape index (κ2) is 7.60. The molecule has 0 aromatic heterocycles. The van der Waals surface area contributed by atoms with Gasteiger partial charge in [0.2, 0.25) is 5.91 Å². The first-order chi connectivity index (χ1) is 11.6. The van der Waals surface area contributed by atoms with Gasteiger partial charge in [-0.1, -0.05) is 60.7 Å². The molecule has 4 heteroatoms. The van der Waals surface area contributed by atoms with E-state index in [1.807, 2.05) is 60.7 Å². The van der Waals surface area contributed by atoms with E-state index in [1.54, 1.807) is 11.8 Å². The fraction of sp³-hybridized carbons (Fsp3) is 0.350. The van der Waals surface area contributed by atoms with E-state index >= 15 is 0 Å². The number of aliphatic hydroxyl groups is 1. The van der Waals surface area contributed by atoms with E-state index in [1.165, 1.54) is 0 Å². The van der Waals surface area contributed by atoms with Gasteiger partial charge in [-0.3, -0.25) is 4.79 Å². The molecule has 0 saturated carbocycles. The van der Waals surface area contributed by atoms with Crippen molar-refractivity contribution in [2.75, 3.05) is 0 Å². The Bertz CT molecular complexity index is 657. The van der Waals surface area contributed by atoms with Gasteiger partial charge in [0.15, 0.2) is 0 Å². The van der Waals surface area contributed by atoms with Crippen LogP contribution in [0.1, 0.15) is 24.5 Å². The Labute approximate surface area is 142 Å². The molecule has 3 rings (SSSR count). The maximum absolute atomic E-state index is 12.5. The van der Waals surface area contributed by atoms with Gasteiger partial charge in [-0.2, -0.15) is 0 Å². The average molecular weight is 325 g/mol. The zero-order chi connectivity index (χ0) is 16.9. The van der Waals surface area contributed by atoms with Crippen molar-refractivity contribution in [2.24, 2.45) is 0 Å². The van der Waals surface area contributed by atoms with E-state index < -0.39 is 6.10 Å². The van der Waals surface area contributed by atoms with Crippen LogP contribution in [0.3, 0.4) is 0 Å². The number of likely N-dealkylation sites (tertiary alicyclic amines) is 1. The summed E-state index contributed by atoms with van der Waals surface area (Å²) < 4.78 is 5.98. The minimum atomic E-state index is -0.638. The van der Waals surface area contributed by atoms with E-state index in [0.29, 0.717) is 19.6 Å². The molecule has 1 heterocycles. The van der Waals surface area contributed by atoms with E-state index in [2.05, 4.69) is 0 Å². The number of amides is 1. The van der Waals surface area contributed by atoms with Gasteiger partial charge in [-0.15, -0.1) is 0 Å². The molecule has 1 aliphatic heterocycles. The lowest BCUT2D eigenvalue weighted by Crippen LogP contribution is -2.44. The standard InChI is InChI=1S/C20H23NO3/c1-15(22)20-18(24-14-17-10-6-3-7-11-17)12-19(23)21(20)13-16-8-4-2-5-9-16/h2-11,15,18,20,22H,12-14H2,1H3/t15-,18+,20-/m1/s1. The first-order valence-corrected chi connectivity index (χ1v) is 8.32. The molecule has 0 radical (unpaired) electrons. The zero-order valence-corrected chi connectivity index (χ0v) is 13.8. The fourth-order valence-electron chi connectivity index (χ4n) is 3.26. The maximum atomic E-state index is 12.5. The summed E-state index contributed by atoms with van der Waals surface area (Å²) >= 11 is 0. The van der Waals surface area contributed by atoms with E-state index in [4.69, 9.17) is 4.74 Å². The molecule has 3 atom stereocenters. The fourth-order valence-corrected chi connectivity index (χ4v) is 3.26. The molecule has 4 nitrogen and oxygen atoms in total. The highest BCUT2D eigenvalue weighted by Crippen LogP contribution is 2.27. The molecule has 2 aromatic rings. The highest BCUT2D eigenvalue weighted by molar-refractivity contribution is 5.80. The third-order valence-corrected chi connectivity index (χ3v) is 4.43. The quantitative estimate of drug-likeness (QED) is 0.888. The van der Waals surface area contributed by atoms with Crippen LogP contribution >= 0.6 is 0 Å². The van der Waals surface area contributed by atoms with Crippen LogP contribution in [0.5, 0.6) is 0 Å². The molecule has 1 aliphatic rings. The summed E-state index contributed by atoms with van der Waals surface area (Å²) in [6.45, 7) is 2.67. The number of carbonyl (C=O) groups excluding carboxylic acids is 1. The number of ether oxygens (including phenoxy) is 1. The van der Waals surface area contributed by atoms with Gasteiger partial charge < -0.3 is 14.7 Å². The first-order valence-electron chi connectivity index (χ1n) is 8.32. The summed E-state index contributed by atoms with van der Waals surface area (Å²) in [6.07, 6.45) is -0.614. The molecule has 1 amide bonds. The van der Waals surface area contributed by atoms with Crippen LogP contribution in [0.2, 0.25) is 0 Å². The lowest BCUT2D eigenvalue weighted by Gasteiger charge is -2.30. The third kappa shape index (κ3) is 3.83. The van der Waals surface area contributed by atoms with Crippen LogP contribution < -0.4 is 0 Å². The molecule has 0 spiro atoms. The van der Waals surface area contributed by atoms with Gasteiger partial charge in [0.25, 0.3) is 0 Å². The summed E-state index contributed by atoms with van der Waals surface area (Å²) in [6, 6.07) is 19.4. The summed E-state index contributed by atoms with van der Waals surface area (Å²) in [4.78, 5) is 14.2. The second-order valence-corrected chi connectivity index (χ2v) is 6.28. The van der Waals surface area contributed by atoms with E-state index in [-0.39, 0.29) is 18.1 Å². The molecule has 2 aromatic carbocycles. The number of hydrogen-bond acceptors (Lipinski definition) is 3. The number of rotatable bonds is 6. The predicted octanol–water partition coefficient (Wildman–Crippen LogP) is 2.75. The molecule has 1 N–H and O–H groups in total. The number of benzene rings is 2. The maximum Gasteiger partial charge on any atom is 0.226 e. The van der Waals surface area contributed by atoms with Crippen LogP contribution in [0, 0.1) is 0 Å². The van der Waals surface area contributed by atoms with Crippen LogP contribution in [0.25, 0.3) is 0 Å². The van der Waals surface area contributed by atoms with Crippen molar-refractivity contribution in [1.29, 1.82) is 0 Å². The van der Waals surface area contributed by atoms with Gasteiger partial charge in [-0.25, -0.2) is 0 Å². The van der Waals surface area contributed by atoms with Crippen LogP contribution in [0.4, 0.5) is 0 Å². The zero-order valence-electron chi connectivity index (χ0n) is 13.8. The molecular weight excluding hydrogens is 302 g/mol. The van der Waals surface area contributed by atoms with Crippen LogP contribution in [-0.2, 0) is 22.7 Å². The molecular formula is C20H23NO3. The third-order valence-electron chi connectivity index (χ3n) is 4.43. The Morgan fingerprint density at radius 2 is 1.67 bits per heavy atom. The molecule has 126 valence electrons. The number of hydrogen-bond donors (Lipinski definition) is 1. The molecule has 24 heavy (non-hydrogen) atoms. The number of carbonyl (C=O) groups is 1. The van der Waals surface area contributed by atoms with E-state index in [0.717, 1.165) is 11.1 Å². The first kappa shape index (κ1) is 16.7. The number of nitrogens with zero attached hydrogens (tertiary/aromatic N) is 1. The summed E-state index contributed by atoms with van der Waals surface area (Å²) in [5, 5.41) is 10.2. The normalized spacial score (nSPS) is 21.9. The van der Waals surface area contributed by atoms with Crippen molar-refractivity contribution in [3.8, 4) is 0 Å². The lowest BCUT2D eigenvalue weighted by molar-refractivity contribution is -0.131. The van der Waals surface area contributed by atoms with Gasteiger partial charge in [0, 0.05) is 6.54 Å². The molecule has 0 bridgehead atoms. The van der Waals surface area contributed by atoms with Crippen LogP contribution in [-0.4, -0.2) is 34.2 Å². The van der Waals surface area contributed by atoms with Crippen molar-refractivity contribution < 1.29 is 14.6 Å². The highest BCUT2D eigenvalue weighted by atomic mass is 16.5. The molecule has 1 saturated heterocycles. The summed E-state index contributed by atoms with van der Waals surface area (Å²) in [5.41, 5.74) is 2.12. The van der Waals surface area contributed by atoms with Crippen molar-refractivity contribution in [3.63, 3.8) is 0 Å². The minimum Gasteiger partial charge on any atom is -0.391 e. The summed E-state index contributed by atoms with van der Waals surface area (Å²) in [5.74, 6) is 0.0304. The van der Waals surface area contributed by atoms with E-state index in [9.17, 15) is 9.90 Å². The van der Waals surface area contributed by atoms with Gasteiger partial charge in [0.1, 0.15) is 0 Å². The second-order valence-electron chi connectivity index (χ2n) is 6.28. The topological polar surface area (TPSA) is 49.8 Å². The minimum absolute atomic E-state index is 0.0304. The van der Waals surface area contributed by atoms with Crippen molar-refractivity contribution in [1.82, 2.24) is 4.90 Å². The Morgan fingerprint density at radius 3 is 2.25 bits per heavy atom. The van der Waals surface area contributed by atoms with Crippen molar-refractivity contribution >= 4 is 5.91 Å². The van der Waals surface area contributed by atoms with Gasteiger partial charge >= 0.3 is 0 Å². The van der Waals surface area contributed by atoms with Gasteiger partial charge in [-0.05, 0) is 18.1 Å². The Hall–Kier alpha value is -2.17. The van der Waals surface area contributed by atoms with Crippen LogP contribution in [0.15, 0.2) is 60.7 Å².